The van der Waals surface area contributed by atoms with Gasteiger partial charge in [-0.25, -0.2) is 0 Å². The lowest BCUT2D eigenvalue weighted by atomic mass is 9.87. The smallest absolute Gasteiger partial charge is 0.143 e. The van der Waals surface area contributed by atoms with E-state index >= 15 is 0 Å². The molecule has 12 aromatic rings. The monoisotopic (exact) mass is 634 g/mol. The van der Waals surface area contributed by atoms with Gasteiger partial charge in [-0.15, -0.1) is 0 Å². The van der Waals surface area contributed by atoms with Crippen molar-refractivity contribution < 1.29 is 8.83 Å². The number of rotatable bonds is 2. The third kappa shape index (κ3) is 3.47. The van der Waals surface area contributed by atoms with Crippen molar-refractivity contribution in [2.45, 2.75) is 0 Å². The van der Waals surface area contributed by atoms with Gasteiger partial charge in [-0.2, -0.15) is 0 Å². The molecule has 0 fully saturated rings. The fraction of sp³-hybridized carbons (Fsp3) is 0. The maximum atomic E-state index is 6.93. The quantitative estimate of drug-likeness (QED) is 0.177. The van der Waals surface area contributed by atoms with E-state index in [2.05, 4.69) is 158 Å². The highest BCUT2D eigenvalue weighted by Crippen LogP contribution is 2.47. The summed E-state index contributed by atoms with van der Waals surface area (Å²) in [6.45, 7) is 0. The fourth-order valence-corrected chi connectivity index (χ4v) is 8.70. The van der Waals surface area contributed by atoms with Crippen LogP contribution in [0, 0.1) is 0 Å². The second-order valence-corrected chi connectivity index (χ2v) is 13.6. The maximum Gasteiger partial charge on any atom is 0.143 e. The average Bonchev–Trinajstić information content (AvgIpc) is 3.74. The summed E-state index contributed by atoms with van der Waals surface area (Å²) in [5.74, 6) is 0. The molecule has 2 heteroatoms. The molecule has 0 unspecified atom stereocenters. The molecule has 230 valence electrons. The lowest BCUT2D eigenvalue weighted by Crippen LogP contribution is -1.89. The van der Waals surface area contributed by atoms with Crippen LogP contribution in [0.4, 0.5) is 0 Å². The lowest BCUT2D eigenvalue weighted by Gasteiger charge is -2.15. The summed E-state index contributed by atoms with van der Waals surface area (Å²) in [4.78, 5) is 0. The Morgan fingerprint density at radius 1 is 0.280 bits per heavy atom. The summed E-state index contributed by atoms with van der Waals surface area (Å²) in [6, 6.07) is 57.1. The van der Waals surface area contributed by atoms with Crippen LogP contribution in [0.5, 0.6) is 0 Å². The minimum absolute atomic E-state index is 0.875. The first kappa shape index (κ1) is 26.3. The van der Waals surface area contributed by atoms with E-state index in [0.29, 0.717) is 0 Å². The highest BCUT2D eigenvalue weighted by Gasteiger charge is 2.21. The zero-order chi connectivity index (χ0) is 32.5. The van der Waals surface area contributed by atoms with Gasteiger partial charge in [0, 0.05) is 27.1 Å². The van der Waals surface area contributed by atoms with Crippen molar-refractivity contribution in [1.29, 1.82) is 0 Å². The Balaban J connectivity index is 1.16. The molecular weight excluding hydrogens is 609 g/mol. The Morgan fingerprint density at radius 2 is 0.920 bits per heavy atom. The van der Waals surface area contributed by atoms with Crippen LogP contribution in [0.2, 0.25) is 0 Å². The second kappa shape index (κ2) is 9.49. The van der Waals surface area contributed by atoms with Crippen LogP contribution in [-0.2, 0) is 0 Å². The van der Waals surface area contributed by atoms with Gasteiger partial charge in [-0.1, -0.05) is 121 Å². The van der Waals surface area contributed by atoms with Crippen molar-refractivity contribution in [3.8, 4) is 22.3 Å². The molecule has 50 heavy (non-hydrogen) atoms. The molecule has 0 radical (unpaired) electrons. The standard InChI is InChI=1S/C48H26O2/c1-2-8-32-25-43-40(24-31(32)7-1)47-38(36-18-14-30-13-12-28-9-5-10-29-15-19-37(36)45(30)44(28)29)22-21-35(48(47)50-43)33-16-20-39-42(26-33)49-41-23-17-27-6-3-4-11-34(27)46(39)41/h1-26H. The van der Waals surface area contributed by atoms with E-state index in [9.17, 15) is 0 Å². The Morgan fingerprint density at radius 3 is 1.80 bits per heavy atom. The number of fused-ring (bicyclic) bond motifs is 9. The molecular formula is C48H26O2. The van der Waals surface area contributed by atoms with E-state index in [1.165, 1.54) is 65.0 Å². The maximum absolute atomic E-state index is 6.93. The Labute approximate surface area is 285 Å². The van der Waals surface area contributed by atoms with Gasteiger partial charge in [0.15, 0.2) is 0 Å². The predicted octanol–water partition coefficient (Wildman–Crippen LogP) is 14.0. The summed E-state index contributed by atoms with van der Waals surface area (Å²) in [6.07, 6.45) is 0. The van der Waals surface area contributed by atoms with Crippen molar-refractivity contribution in [3.63, 3.8) is 0 Å². The van der Waals surface area contributed by atoms with Gasteiger partial charge in [-0.3, -0.25) is 0 Å². The van der Waals surface area contributed by atoms with Crippen molar-refractivity contribution in [2.75, 3.05) is 0 Å². The van der Waals surface area contributed by atoms with E-state index in [-0.39, 0.29) is 0 Å². The summed E-state index contributed by atoms with van der Waals surface area (Å²) in [5.41, 5.74) is 8.06. The molecule has 12 rings (SSSR count). The number of benzene rings is 10. The van der Waals surface area contributed by atoms with E-state index in [1.54, 1.807) is 0 Å². The van der Waals surface area contributed by atoms with E-state index < -0.39 is 0 Å². The lowest BCUT2D eigenvalue weighted by molar-refractivity contribution is 0.668. The molecule has 0 aliphatic rings. The van der Waals surface area contributed by atoms with Crippen molar-refractivity contribution in [1.82, 2.24) is 0 Å². The first-order chi connectivity index (χ1) is 24.8. The van der Waals surface area contributed by atoms with Gasteiger partial charge in [-0.05, 0) is 107 Å². The minimum atomic E-state index is 0.875. The molecule has 2 heterocycles. The van der Waals surface area contributed by atoms with Crippen molar-refractivity contribution >= 4 is 97.7 Å². The molecule has 0 amide bonds. The van der Waals surface area contributed by atoms with Crippen LogP contribution >= 0.6 is 0 Å². The largest absolute Gasteiger partial charge is 0.456 e. The van der Waals surface area contributed by atoms with Crippen LogP contribution in [-0.4, -0.2) is 0 Å². The van der Waals surface area contributed by atoms with E-state index in [1.807, 2.05) is 0 Å². The Kier molecular flexibility index (Phi) is 5.00. The summed E-state index contributed by atoms with van der Waals surface area (Å²) in [5, 5.41) is 17.0. The SMILES string of the molecule is c1ccc2cc3c(cc2c1)oc1c(-c2ccc4c(c2)oc2ccc5ccccc5c24)ccc(-c2ccc4ccc5cccc6ccc2c4c56)c13. The van der Waals surface area contributed by atoms with Crippen molar-refractivity contribution in [2.24, 2.45) is 0 Å². The van der Waals surface area contributed by atoms with Gasteiger partial charge in [0.2, 0.25) is 0 Å². The summed E-state index contributed by atoms with van der Waals surface area (Å²) in [7, 11) is 0. The Hall–Kier alpha value is -6.64. The molecule has 2 nitrogen and oxygen atoms in total. The third-order valence-electron chi connectivity index (χ3n) is 11.0. The average molecular weight is 635 g/mol. The van der Waals surface area contributed by atoms with Crippen molar-refractivity contribution in [3.05, 3.63) is 158 Å². The minimum Gasteiger partial charge on any atom is -0.456 e. The topological polar surface area (TPSA) is 26.3 Å². The van der Waals surface area contributed by atoms with Crippen LogP contribution in [0.1, 0.15) is 0 Å². The van der Waals surface area contributed by atoms with Crippen LogP contribution in [0.25, 0.3) is 120 Å². The first-order valence-corrected chi connectivity index (χ1v) is 17.2. The molecule has 0 N–H and O–H groups in total. The van der Waals surface area contributed by atoms with Gasteiger partial charge in [0.05, 0.1) is 0 Å². The van der Waals surface area contributed by atoms with Crippen LogP contribution in [0.15, 0.2) is 167 Å². The Bertz CT molecular complexity index is 3360. The highest BCUT2D eigenvalue weighted by atomic mass is 16.3. The zero-order valence-electron chi connectivity index (χ0n) is 26.8. The number of furan rings is 2. The summed E-state index contributed by atoms with van der Waals surface area (Å²) >= 11 is 0. The highest BCUT2D eigenvalue weighted by molar-refractivity contribution is 6.28. The zero-order valence-corrected chi connectivity index (χ0v) is 26.8. The van der Waals surface area contributed by atoms with Gasteiger partial charge < -0.3 is 8.83 Å². The second-order valence-electron chi connectivity index (χ2n) is 13.6. The number of hydrogen-bond donors (Lipinski definition) is 0. The molecule has 0 spiro atoms. The fourth-order valence-electron chi connectivity index (χ4n) is 8.70. The normalized spacial score (nSPS) is 12.4. The third-order valence-corrected chi connectivity index (χ3v) is 11.0. The van der Waals surface area contributed by atoms with Gasteiger partial charge in [0.1, 0.15) is 22.3 Å². The van der Waals surface area contributed by atoms with Crippen LogP contribution < -0.4 is 0 Å². The van der Waals surface area contributed by atoms with Crippen LogP contribution in [0.3, 0.4) is 0 Å². The molecule has 0 saturated heterocycles. The van der Waals surface area contributed by atoms with Gasteiger partial charge in [0.25, 0.3) is 0 Å². The van der Waals surface area contributed by atoms with E-state index in [0.717, 1.165) is 55.0 Å². The summed E-state index contributed by atoms with van der Waals surface area (Å²) < 4.78 is 13.4. The molecule has 2 aromatic heterocycles. The molecule has 0 aliphatic heterocycles. The predicted molar refractivity (Wildman–Crippen MR) is 211 cm³/mol. The molecule has 0 atom stereocenters. The molecule has 10 aromatic carbocycles. The number of hydrogen-bond acceptors (Lipinski definition) is 2. The van der Waals surface area contributed by atoms with Gasteiger partial charge >= 0.3 is 0 Å². The molecule has 0 saturated carbocycles. The molecule has 0 bridgehead atoms. The first-order valence-electron chi connectivity index (χ1n) is 17.2. The van der Waals surface area contributed by atoms with E-state index in [4.69, 9.17) is 8.83 Å². The molecule has 0 aliphatic carbocycles.